The number of rotatable bonds is 5. The second-order valence-electron chi connectivity index (χ2n) is 3.84. The van der Waals surface area contributed by atoms with Crippen molar-refractivity contribution in [2.24, 2.45) is 0 Å². The lowest BCUT2D eigenvalue weighted by Crippen LogP contribution is -2.09. The fourth-order valence-electron chi connectivity index (χ4n) is 1.76. The summed E-state index contributed by atoms with van der Waals surface area (Å²) in [5.41, 5.74) is 1.01. The maximum atomic E-state index is 11.4. The highest BCUT2D eigenvalue weighted by Crippen LogP contribution is 2.24. The van der Waals surface area contributed by atoms with E-state index in [0.717, 1.165) is 0 Å². The molecule has 0 N–H and O–H groups in total. The van der Waals surface area contributed by atoms with Crippen LogP contribution in [0.2, 0.25) is 0 Å². The molecule has 0 fully saturated rings. The highest BCUT2D eigenvalue weighted by atomic mass is 16.6. The largest absolute Gasteiger partial charge is 0.466 e. The topological polar surface area (TPSA) is 93.2 Å². The van der Waals surface area contributed by atoms with Gasteiger partial charge in [-0.1, -0.05) is 6.92 Å². The Morgan fingerprint density at radius 1 is 1.42 bits per heavy atom. The average Bonchev–Trinajstić information content (AvgIpc) is 2.38. The summed E-state index contributed by atoms with van der Waals surface area (Å²) in [6.07, 6.45) is 0.402. The van der Waals surface area contributed by atoms with Gasteiger partial charge in [0.1, 0.15) is 0 Å². The number of hydrogen-bond acceptors (Lipinski definition) is 5. The van der Waals surface area contributed by atoms with E-state index < -0.39 is 10.9 Å². The fourth-order valence-corrected chi connectivity index (χ4v) is 1.76. The number of benzene rings is 1. The standard InChI is InChI=1S/C13H14N2O4/c1-3-9-5-10(7-13(16)19-4-2)11(8-14)6-12(9)15(17)18/h5-6H,3-4,7H2,1-2H3. The van der Waals surface area contributed by atoms with Crippen molar-refractivity contribution in [3.63, 3.8) is 0 Å². The first-order valence-electron chi connectivity index (χ1n) is 5.89. The van der Waals surface area contributed by atoms with Gasteiger partial charge in [-0.15, -0.1) is 0 Å². The van der Waals surface area contributed by atoms with Gasteiger partial charge in [-0.3, -0.25) is 14.9 Å². The van der Waals surface area contributed by atoms with Crippen molar-refractivity contribution >= 4 is 11.7 Å². The molecule has 0 aromatic heterocycles. The van der Waals surface area contributed by atoms with Gasteiger partial charge in [-0.05, 0) is 25.0 Å². The summed E-state index contributed by atoms with van der Waals surface area (Å²) >= 11 is 0. The van der Waals surface area contributed by atoms with E-state index in [9.17, 15) is 14.9 Å². The molecular weight excluding hydrogens is 248 g/mol. The van der Waals surface area contributed by atoms with Gasteiger partial charge < -0.3 is 4.74 Å². The van der Waals surface area contributed by atoms with E-state index in [-0.39, 0.29) is 24.3 Å². The van der Waals surface area contributed by atoms with Crippen molar-refractivity contribution in [3.8, 4) is 6.07 Å². The number of hydrogen-bond donors (Lipinski definition) is 0. The van der Waals surface area contributed by atoms with E-state index in [1.807, 2.05) is 6.07 Å². The number of nitrogens with zero attached hydrogens (tertiary/aromatic N) is 2. The van der Waals surface area contributed by atoms with E-state index in [1.54, 1.807) is 13.8 Å². The number of ether oxygens (including phenoxy) is 1. The summed E-state index contributed by atoms with van der Waals surface area (Å²) in [7, 11) is 0. The van der Waals surface area contributed by atoms with Crippen molar-refractivity contribution < 1.29 is 14.5 Å². The number of nitriles is 1. The third-order valence-corrected chi connectivity index (χ3v) is 2.64. The zero-order valence-electron chi connectivity index (χ0n) is 10.8. The number of nitro groups is 1. The second-order valence-corrected chi connectivity index (χ2v) is 3.84. The summed E-state index contributed by atoms with van der Waals surface area (Å²) < 4.78 is 4.81. The lowest BCUT2D eigenvalue weighted by Gasteiger charge is -2.07. The summed E-state index contributed by atoms with van der Waals surface area (Å²) in [6.45, 7) is 3.73. The normalized spacial score (nSPS) is 9.74. The summed E-state index contributed by atoms with van der Waals surface area (Å²) in [4.78, 5) is 21.8. The Hall–Kier alpha value is -2.42. The van der Waals surface area contributed by atoms with Crippen LogP contribution in [-0.2, 0) is 22.4 Å². The average molecular weight is 262 g/mol. The first-order chi connectivity index (χ1) is 9.03. The number of carbonyl (C=O) groups excluding carboxylic acids is 1. The molecule has 0 radical (unpaired) electrons. The Labute approximate surface area is 110 Å². The van der Waals surface area contributed by atoms with Crippen LogP contribution in [0.3, 0.4) is 0 Å². The number of nitro benzene ring substituents is 1. The van der Waals surface area contributed by atoms with Crippen LogP contribution in [-0.4, -0.2) is 17.5 Å². The van der Waals surface area contributed by atoms with Crippen LogP contribution in [0.25, 0.3) is 0 Å². The number of esters is 1. The minimum absolute atomic E-state index is 0.0538. The monoisotopic (exact) mass is 262 g/mol. The molecule has 0 aliphatic rings. The number of aryl methyl sites for hydroxylation is 1. The van der Waals surface area contributed by atoms with E-state index in [1.165, 1.54) is 12.1 Å². The summed E-state index contributed by atoms with van der Waals surface area (Å²) in [5, 5.41) is 19.9. The minimum Gasteiger partial charge on any atom is -0.466 e. The van der Waals surface area contributed by atoms with Gasteiger partial charge in [0.2, 0.25) is 0 Å². The molecule has 0 aliphatic heterocycles. The molecule has 0 saturated heterocycles. The molecule has 0 atom stereocenters. The van der Waals surface area contributed by atoms with Crippen LogP contribution in [0, 0.1) is 21.4 Å². The van der Waals surface area contributed by atoms with Crippen LogP contribution < -0.4 is 0 Å². The third kappa shape index (κ3) is 3.52. The van der Waals surface area contributed by atoms with Gasteiger partial charge in [0, 0.05) is 11.6 Å². The Kier molecular flexibility index (Phi) is 5.01. The van der Waals surface area contributed by atoms with Gasteiger partial charge in [0.15, 0.2) is 0 Å². The Morgan fingerprint density at radius 2 is 2.11 bits per heavy atom. The van der Waals surface area contributed by atoms with Crippen LogP contribution in [0.4, 0.5) is 5.69 Å². The molecule has 0 unspecified atom stereocenters. The lowest BCUT2D eigenvalue weighted by atomic mass is 9.99. The predicted molar refractivity (Wildman–Crippen MR) is 67.5 cm³/mol. The third-order valence-electron chi connectivity index (χ3n) is 2.64. The summed E-state index contributed by atoms with van der Waals surface area (Å²) in [6, 6.07) is 4.63. The molecule has 0 aliphatic carbocycles. The highest BCUT2D eigenvalue weighted by Gasteiger charge is 2.18. The second kappa shape index (κ2) is 6.50. The van der Waals surface area contributed by atoms with Gasteiger partial charge in [-0.25, -0.2) is 0 Å². The van der Waals surface area contributed by atoms with Crippen molar-refractivity contribution in [3.05, 3.63) is 38.9 Å². The maximum Gasteiger partial charge on any atom is 0.310 e. The smallest absolute Gasteiger partial charge is 0.310 e. The molecule has 1 rings (SSSR count). The van der Waals surface area contributed by atoms with Gasteiger partial charge in [-0.2, -0.15) is 5.26 Å². The molecule has 100 valence electrons. The minimum atomic E-state index is -0.520. The summed E-state index contributed by atoms with van der Waals surface area (Å²) in [5.74, 6) is -0.449. The first kappa shape index (κ1) is 14.6. The number of carbonyl (C=O) groups is 1. The van der Waals surface area contributed by atoms with Gasteiger partial charge >= 0.3 is 5.97 Å². The molecule has 6 nitrogen and oxygen atoms in total. The molecule has 19 heavy (non-hydrogen) atoms. The van der Waals surface area contributed by atoms with Gasteiger partial charge in [0.25, 0.3) is 5.69 Å². The van der Waals surface area contributed by atoms with E-state index in [2.05, 4.69) is 0 Å². The van der Waals surface area contributed by atoms with E-state index in [4.69, 9.17) is 10.00 Å². The van der Waals surface area contributed by atoms with Crippen molar-refractivity contribution in [2.45, 2.75) is 26.7 Å². The van der Waals surface area contributed by atoms with Crippen molar-refractivity contribution in [1.29, 1.82) is 5.26 Å². The maximum absolute atomic E-state index is 11.4. The van der Waals surface area contributed by atoms with Crippen molar-refractivity contribution in [2.75, 3.05) is 6.61 Å². The van der Waals surface area contributed by atoms with Crippen molar-refractivity contribution in [1.82, 2.24) is 0 Å². The predicted octanol–water partition coefficient (Wildman–Crippen LogP) is 2.13. The Balaban J connectivity index is 3.21. The molecule has 0 spiro atoms. The quantitative estimate of drug-likeness (QED) is 0.460. The molecule has 0 saturated carbocycles. The molecule has 0 amide bonds. The van der Waals surface area contributed by atoms with Crippen LogP contribution in [0.15, 0.2) is 12.1 Å². The molecule has 0 bridgehead atoms. The Morgan fingerprint density at radius 3 is 2.58 bits per heavy atom. The van der Waals surface area contributed by atoms with Crippen LogP contribution >= 0.6 is 0 Å². The zero-order valence-corrected chi connectivity index (χ0v) is 10.8. The molecule has 1 aromatic carbocycles. The van der Waals surface area contributed by atoms with Gasteiger partial charge in [0.05, 0.1) is 29.6 Å². The fraction of sp³-hybridized carbons (Fsp3) is 0.385. The van der Waals surface area contributed by atoms with E-state index in [0.29, 0.717) is 17.5 Å². The molecule has 0 heterocycles. The molecule has 6 heteroatoms. The van der Waals surface area contributed by atoms with Crippen LogP contribution in [0.5, 0.6) is 0 Å². The lowest BCUT2D eigenvalue weighted by molar-refractivity contribution is -0.385. The van der Waals surface area contributed by atoms with Crippen LogP contribution in [0.1, 0.15) is 30.5 Å². The van der Waals surface area contributed by atoms with E-state index >= 15 is 0 Å². The zero-order chi connectivity index (χ0) is 14.4. The molecule has 1 aromatic rings. The highest BCUT2D eigenvalue weighted by molar-refractivity contribution is 5.74. The SMILES string of the molecule is CCOC(=O)Cc1cc(CC)c([N+](=O)[O-])cc1C#N. The molecular formula is C13H14N2O4. The Bertz CT molecular complexity index is 546. The first-order valence-corrected chi connectivity index (χ1v) is 5.89.